The molecule has 18 heavy (non-hydrogen) atoms. The van der Waals surface area contributed by atoms with Gasteiger partial charge in [0.2, 0.25) is 0 Å². The van der Waals surface area contributed by atoms with E-state index in [0.29, 0.717) is 18.5 Å². The third-order valence-electron chi connectivity index (χ3n) is 3.09. The number of aromatic nitrogens is 1. The van der Waals surface area contributed by atoms with Crippen LogP contribution >= 0.6 is 0 Å². The molecule has 1 aromatic heterocycles. The first-order valence-corrected chi connectivity index (χ1v) is 6.02. The van der Waals surface area contributed by atoms with Gasteiger partial charge < -0.3 is 10.2 Å². The Balaban J connectivity index is 3.13. The van der Waals surface area contributed by atoms with Crippen LogP contribution < -0.4 is 0 Å². The summed E-state index contributed by atoms with van der Waals surface area (Å²) in [5, 5.41) is 19.6. The number of pyridine rings is 1. The van der Waals surface area contributed by atoms with Gasteiger partial charge in [-0.3, -0.25) is 4.98 Å². The maximum atomic E-state index is 12.8. The molecule has 100 valence electrons. The van der Waals surface area contributed by atoms with Gasteiger partial charge in [-0.2, -0.15) is 0 Å². The van der Waals surface area contributed by atoms with Crippen LogP contribution in [0.4, 0.5) is 4.39 Å². The number of rotatable bonds is 6. The van der Waals surface area contributed by atoms with E-state index in [1.807, 2.05) is 0 Å². The molecule has 4 nitrogen and oxygen atoms in total. The van der Waals surface area contributed by atoms with E-state index >= 15 is 0 Å². The first-order valence-electron chi connectivity index (χ1n) is 6.02. The summed E-state index contributed by atoms with van der Waals surface area (Å²) < 4.78 is 12.8. The molecule has 0 saturated heterocycles. The van der Waals surface area contributed by atoms with E-state index in [2.05, 4.69) is 4.98 Å². The normalized spacial score (nSPS) is 16.0. The summed E-state index contributed by atoms with van der Waals surface area (Å²) in [6.07, 6.45) is 2.13. The summed E-state index contributed by atoms with van der Waals surface area (Å²) in [4.78, 5) is 15.2. The second kappa shape index (κ2) is 5.91. The number of hydrogen-bond acceptors (Lipinski definition) is 3. The van der Waals surface area contributed by atoms with Crippen LogP contribution in [0.15, 0.2) is 18.3 Å². The minimum atomic E-state index is -1.85. The van der Waals surface area contributed by atoms with Gasteiger partial charge in [-0.1, -0.05) is 20.3 Å². The van der Waals surface area contributed by atoms with Crippen LogP contribution in [-0.2, 0) is 4.79 Å². The van der Waals surface area contributed by atoms with Crippen LogP contribution in [-0.4, -0.2) is 26.8 Å². The molecule has 0 spiro atoms. The maximum Gasteiger partial charge on any atom is 0.336 e. The van der Waals surface area contributed by atoms with Crippen LogP contribution in [0.5, 0.6) is 0 Å². The Bertz CT molecular complexity index is 407. The molecular formula is C13H18FNO3. The number of carboxylic acid groups (broad SMARTS) is 1. The first-order chi connectivity index (χ1) is 8.45. The van der Waals surface area contributed by atoms with Gasteiger partial charge in [-0.05, 0) is 25.0 Å². The van der Waals surface area contributed by atoms with Crippen LogP contribution in [0.3, 0.4) is 0 Å². The highest BCUT2D eigenvalue weighted by Crippen LogP contribution is 2.34. The lowest BCUT2D eigenvalue weighted by molar-refractivity contribution is -0.162. The minimum absolute atomic E-state index is 0.139. The summed E-state index contributed by atoms with van der Waals surface area (Å²) in [6.45, 7) is 3.58. The fraction of sp³-hybridized carbons (Fsp3) is 0.538. The number of carboxylic acids is 1. The molecule has 2 N–H and O–H groups in total. The SMILES string of the molecule is CCCC(O)(C(=O)O)C(CC)c1ccc(F)cn1. The predicted molar refractivity (Wildman–Crippen MR) is 64.7 cm³/mol. The van der Waals surface area contributed by atoms with Crippen molar-refractivity contribution in [3.63, 3.8) is 0 Å². The van der Waals surface area contributed by atoms with Gasteiger partial charge in [0, 0.05) is 11.6 Å². The number of aliphatic hydroxyl groups is 1. The third-order valence-corrected chi connectivity index (χ3v) is 3.09. The maximum absolute atomic E-state index is 12.8. The zero-order valence-corrected chi connectivity index (χ0v) is 10.6. The molecule has 5 heteroatoms. The number of carbonyl (C=O) groups is 1. The molecule has 0 fully saturated rings. The Morgan fingerprint density at radius 1 is 1.50 bits per heavy atom. The van der Waals surface area contributed by atoms with Crippen molar-refractivity contribution in [2.24, 2.45) is 0 Å². The molecule has 0 aliphatic heterocycles. The average Bonchev–Trinajstić information content (AvgIpc) is 2.32. The van der Waals surface area contributed by atoms with Crippen LogP contribution in [0.2, 0.25) is 0 Å². The number of halogens is 1. The Kier molecular flexibility index (Phi) is 4.78. The van der Waals surface area contributed by atoms with Gasteiger partial charge in [0.05, 0.1) is 6.20 Å². The lowest BCUT2D eigenvalue weighted by Gasteiger charge is -2.31. The van der Waals surface area contributed by atoms with Crippen molar-refractivity contribution in [3.8, 4) is 0 Å². The van der Waals surface area contributed by atoms with Crippen molar-refractivity contribution >= 4 is 5.97 Å². The minimum Gasteiger partial charge on any atom is -0.479 e. The van der Waals surface area contributed by atoms with E-state index in [1.54, 1.807) is 13.8 Å². The molecule has 2 unspecified atom stereocenters. The topological polar surface area (TPSA) is 70.4 Å². The van der Waals surface area contributed by atoms with Gasteiger partial charge in [-0.15, -0.1) is 0 Å². The van der Waals surface area contributed by atoms with E-state index < -0.39 is 23.3 Å². The van der Waals surface area contributed by atoms with Crippen molar-refractivity contribution in [2.45, 2.75) is 44.6 Å². The highest BCUT2D eigenvalue weighted by Gasteiger charge is 2.43. The van der Waals surface area contributed by atoms with Crippen molar-refractivity contribution in [2.75, 3.05) is 0 Å². The van der Waals surface area contributed by atoms with Crippen LogP contribution in [0.25, 0.3) is 0 Å². The standard InChI is InChI=1S/C13H18FNO3/c1-3-7-13(18,12(16)17)10(4-2)11-6-5-9(14)8-15-11/h5-6,8,10,18H,3-4,7H2,1-2H3,(H,16,17). The smallest absolute Gasteiger partial charge is 0.336 e. The third kappa shape index (κ3) is 2.85. The molecule has 1 rings (SSSR count). The largest absolute Gasteiger partial charge is 0.479 e. The number of hydrogen-bond donors (Lipinski definition) is 2. The second-order valence-corrected chi connectivity index (χ2v) is 4.34. The number of aliphatic carboxylic acids is 1. The quantitative estimate of drug-likeness (QED) is 0.818. The van der Waals surface area contributed by atoms with E-state index in [-0.39, 0.29) is 6.42 Å². The zero-order chi connectivity index (χ0) is 13.8. The Hall–Kier alpha value is -1.49. The van der Waals surface area contributed by atoms with E-state index in [0.717, 1.165) is 6.20 Å². The Morgan fingerprint density at radius 3 is 2.56 bits per heavy atom. The monoisotopic (exact) mass is 255 g/mol. The predicted octanol–water partition coefficient (Wildman–Crippen LogP) is 2.33. The van der Waals surface area contributed by atoms with Crippen LogP contribution in [0, 0.1) is 5.82 Å². The first kappa shape index (κ1) is 14.6. The summed E-state index contributed by atoms with van der Waals surface area (Å²) in [6, 6.07) is 2.65. The summed E-state index contributed by atoms with van der Waals surface area (Å²) in [5.41, 5.74) is -1.45. The summed E-state index contributed by atoms with van der Waals surface area (Å²) >= 11 is 0. The molecular weight excluding hydrogens is 237 g/mol. The molecule has 0 aliphatic carbocycles. The molecule has 0 aromatic carbocycles. The molecule has 0 bridgehead atoms. The molecule has 1 aromatic rings. The summed E-state index contributed by atoms with van der Waals surface area (Å²) in [5.74, 6) is -2.39. The van der Waals surface area contributed by atoms with Gasteiger partial charge in [-0.25, -0.2) is 9.18 Å². The number of nitrogens with zero attached hydrogens (tertiary/aromatic N) is 1. The fourth-order valence-electron chi connectivity index (χ4n) is 2.20. The van der Waals surface area contributed by atoms with Gasteiger partial charge in [0.15, 0.2) is 5.60 Å². The molecule has 0 amide bonds. The molecule has 0 aliphatic rings. The molecule has 0 radical (unpaired) electrons. The second-order valence-electron chi connectivity index (χ2n) is 4.34. The summed E-state index contributed by atoms with van der Waals surface area (Å²) in [7, 11) is 0. The molecule has 0 saturated carbocycles. The average molecular weight is 255 g/mol. The van der Waals surface area contributed by atoms with Crippen molar-refractivity contribution < 1.29 is 19.4 Å². The Morgan fingerprint density at radius 2 is 2.17 bits per heavy atom. The Labute approximate surface area is 105 Å². The van der Waals surface area contributed by atoms with Gasteiger partial charge in [0.1, 0.15) is 5.82 Å². The van der Waals surface area contributed by atoms with E-state index in [4.69, 9.17) is 0 Å². The van der Waals surface area contributed by atoms with E-state index in [1.165, 1.54) is 12.1 Å². The molecule has 2 atom stereocenters. The van der Waals surface area contributed by atoms with Crippen molar-refractivity contribution in [3.05, 3.63) is 29.8 Å². The van der Waals surface area contributed by atoms with Gasteiger partial charge >= 0.3 is 5.97 Å². The lowest BCUT2D eigenvalue weighted by Crippen LogP contribution is -2.44. The van der Waals surface area contributed by atoms with E-state index in [9.17, 15) is 19.4 Å². The fourth-order valence-corrected chi connectivity index (χ4v) is 2.20. The van der Waals surface area contributed by atoms with Crippen molar-refractivity contribution in [1.82, 2.24) is 4.98 Å². The highest BCUT2D eigenvalue weighted by atomic mass is 19.1. The highest BCUT2D eigenvalue weighted by molar-refractivity contribution is 5.78. The zero-order valence-electron chi connectivity index (χ0n) is 10.6. The van der Waals surface area contributed by atoms with Crippen molar-refractivity contribution in [1.29, 1.82) is 0 Å². The van der Waals surface area contributed by atoms with Crippen LogP contribution in [0.1, 0.15) is 44.7 Å². The lowest BCUT2D eigenvalue weighted by atomic mass is 9.79. The van der Waals surface area contributed by atoms with Gasteiger partial charge in [0.25, 0.3) is 0 Å². The molecule has 1 heterocycles.